The zero-order valence-corrected chi connectivity index (χ0v) is 11.9. The lowest BCUT2D eigenvalue weighted by molar-refractivity contribution is -0.0508. The first-order chi connectivity index (χ1) is 9.28. The Hall–Kier alpha value is -1.22. The van der Waals surface area contributed by atoms with E-state index in [4.69, 9.17) is 9.47 Å². The SMILES string of the molecule is CCC(C)N1CCc2ccc(OCC3COC3)cc21. The van der Waals surface area contributed by atoms with Crippen molar-refractivity contribution in [1.82, 2.24) is 0 Å². The molecule has 0 amide bonds. The first-order valence-electron chi connectivity index (χ1n) is 7.38. The van der Waals surface area contributed by atoms with Crippen molar-refractivity contribution in [2.24, 2.45) is 5.92 Å². The summed E-state index contributed by atoms with van der Waals surface area (Å²) in [6.07, 6.45) is 2.35. The van der Waals surface area contributed by atoms with Gasteiger partial charge >= 0.3 is 0 Å². The van der Waals surface area contributed by atoms with Crippen molar-refractivity contribution in [3.63, 3.8) is 0 Å². The molecule has 0 bridgehead atoms. The molecule has 19 heavy (non-hydrogen) atoms. The molecule has 1 fully saturated rings. The number of fused-ring (bicyclic) bond motifs is 1. The van der Waals surface area contributed by atoms with Gasteiger partial charge in [0, 0.05) is 30.3 Å². The highest BCUT2D eigenvalue weighted by Crippen LogP contribution is 2.33. The van der Waals surface area contributed by atoms with Gasteiger partial charge in [0.1, 0.15) is 5.75 Å². The van der Waals surface area contributed by atoms with E-state index in [2.05, 4.69) is 36.9 Å². The molecule has 2 aliphatic rings. The standard InChI is InChI=1S/C16H23NO2/c1-3-12(2)17-7-6-14-4-5-15(8-16(14)17)19-11-13-9-18-10-13/h4-5,8,12-13H,3,6-7,9-11H2,1-2H3. The summed E-state index contributed by atoms with van der Waals surface area (Å²) < 4.78 is 11.1. The second kappa shape index (κ2) is 5.41. The number of benzene rings is 1. The highest BCUT2D eigenvalue weighted by atomic mass is 16.5. The van der Waals surface area contributed by atoms with Crippen molar-refractivity contribution in [2.75, 3.05) is 31.3 Å². The zero-order chi connectivity index (χ0) is 13.2. The van der Waals surface area contributed by atoms with Crippen molar-refractivity contribution in [3.05, 3.63) is 23.8 Å². The Balaban J connectivity index is 1.70. The largest absolute Gasteiger partial charge is 0.493 e. The van der Waals surface area contributed by atoms with Crippen molar-refractivity contribution < 1.29 is 9.47 Å². The van der Waals surface area contributed by atoms with Crippen molar-refractivity contribution in [1.29, 1.82) is 0 Å². The van der Waals surface area contributed by atoms with Crippen LogP contribution in [0.1, 0.15) is 25.8 Å². The Bertz CT molecular complexity index is 442. The third-order valence-electron chi connectivity index (χ3n) is 4.30. The lowest BCUT2D eigenvalue weighted by Gasteiger charge is -2.27. The second-order valence-electron chi connectivity index (χ2n) is 5.71. The number of hydrogen-bond acceptors (Lipinski definition) is 3. The van der Waals surface area contributed by atoms with E-state index in [1.54, 1.807) is 0 Å². The number of anilines is 1. The van der Waals surface area contributed by atoms with Crippen molar-refractivity contribution in [3.8, 4) is 5.75 Å². The number of ether oxygens (including phenoxy) is 2. The Morgan fingerprint density at radius 3 is 2.95 bits per heavy atom. The van der Waals surface area contributed by atoms with Gasteiger partial charge in [-0.2, -0.15) is 0 Å². The first kappa shape index (κ1) is 12.8. The maximum Gasteiger partial charge on any atom is 0.121 e. The molecule has 1 aromatic rings. The van der Waals surface area contributed by atoms with E-state index >= 15 is 0 Å². The quantitative estimate of drug-likeness (QED) is 0.813. The van der Waals surface area contributed by atoms with Gasteiger partial charge in [-0.25, -0.2) is 0 Å². The molecule has 1 atom stereocenters. The minimum absolute atomic E-state index is 0.582. The fourth-order valence-electron chi connectivity index (χ4n) is 2.75. The van der Waals surface area contributed by atoms with Crippen LogP contribution >= 0.6 is 0 Å². The predicted molar refractivity (Wildman–Crippen MR) is 77.0 cm³/mol. The second-order valence-corrected chi connectivity index (χ2v) is 5.71. The van der Waals surface area contributed by atoms with Gasteiger partial charge in [-0.1, -0.05) is 13.0 Å². The smallest absolute Gasteiger partial charge is 0.121 e. The van der Waals surface area contributed by atoms with Gasteiger partial charge in [0.25, 0.3) is 0 Å². The zero-order valence-electron chi connectivity index (χ0n) is 11.9. The van der Waals surface area contributed by atoms with Crippen LogP contribution in [0.2, 0.25) is 0 Å². The predicted octanol–water partition coefficient (Wildman–Crippen LogP) is 2.87. The van der Waals surface area contributed by atoms with Crippen LogP contribution in [0, 0.1) is 5.92 Å². The Morgan fingerprint density at radius 1 is 1.42 bits per heavy atom. The van der Waals surface area contributed by atoms with Crippen molar-refractivity contribution >= 4 is 5.69 Å². The van der Waals surface area contributed by atoms with E-state index in [0.29, 0.717) is 12.0 Å². The summed E-state index contributed by atoms with van der Waals surface area (Å²) >= 11 is 0. The fraction of sp³-hybridized carbons (Fsp3) is 0.625. The monoisotopic (exact) mass is 261 g/mol. The molecule has 0 aliphatic carbocycles. The van der Waals surface area contributed by atoms with Crippen LogP contribution in [0.5, 0.6) is 5.75 Å². The van der Waals surface area contributed by atoms with E-state index in [9.17, 15) is 0 Å². The van der Waals surface area contributed by atoms with Crippen LogP contribution in [0.25, 0.3) is 0 Å². The molecule has 1 unspecified atom stereocenters. The van der Waals surface area contributed by atoms with Gasteiger partial charge in [0.2, 0.25) is 0 Å². The summed E-state index contributed by atoms with van der Waals surface area (Å²) in [5, 5.41) is 0. The highest BCUT2D eigenvalue weighted by molar-refractivity contribution is 5.61. The summed E-state index contributed by atoms with van der Waals surface area (Å²) in [5.41, 5.74) is 2.83. The lowest BCUT2D eigenvalue weighted by atomic mass is 10.1. The molecule has 0 N–H and O–H groups in total. The third-order valence-corrected chi connectivity index (χ3v) is 4.30. The fourth-order valence-corrected chi connectivity index (χ4v) is 2.75. The summed E-state index contributed by atoms with van der Waals surface area (Å²) in [5.74, 6) is 1.58. The molecule has 1 saturated heterocycles. The van der Waals surface area contributed by atoms with Crippen molar-refractivity contribution in [2.45, 2.75) is 32.7 Å². The maximum atomic E-state index is 5.89. The Kier molecular flexibility index (Phi) is 3.65. The first-order valence-corrected chi connectivity index (χ1v) is 7.38. The highest BCUT2D eigenvalue weighted by Gasteiger charge is 2.23. The van der Waals surface area contributed by atoms with Gasteiger partial charge in [0.05, 0.1) is 19.8 Å². The number of rotatable bonds is 5. The van der Waals surface area contributed by atoms with Gasteiger partial charge in [-0.15, -0.1) is 0 Å². The Morgan fingerprint density at radius 2 is 2.26 bits per heavy atom. The number of nitrogens with zero attached hydrogens (tertiary/aromatic N) is 1. The molecular weight excluding hydrogens is 238 g/mol. The molecule has 3 heteroatoms. The molecule has 0 aromatic heterocycles. The summed E-state index contributed by atoms with van der Waals surface area (Å²) in [6.45, 7) is 8.17. The van der Waals surface area contributed by atoms with Crippen LogP contribution in [-0.2, 0) is 11.2 Å². The van der Waals surface area contributed by atoms with Gasteiger partial charge < -0.3 is 14.4 Å². The van der Waals surface area contributed by atoms with Crippen LogP contribution < -0.4 is 9.64 Å². The number of hydrogen-bond donors (Lipinski definition) is 0. The Labute approximate surface area is 115 Å². The minimum atomic E-state index is 0.582. The normalized spacial score (nSPS) is 20.0. The molecule has 0 saturated carbocycles. The van der Waals surface area contributed by atoms with E-state index < -0.39 is 0 Å². The van der Waals surface area contributed by atoms with E-state index in [1.165, 1.54) is 17.7 Å². The molecule has 3 nitrogen and oxygen atoms in total. The van der Waals surface area contributed by atoms with Gasteiger partial charge in [-0.05, 0) is 31.4 Å². The third kappa shape index (κ3) is 2.57. The maximum absolute atomic E-state index is 5.89. The van der Waals surface area contributed by atoms with Crippen LogP contribution in [0.4, 0.5) is 5.69 Å². The van der Waals surface area contributed by atoms with E-state index in [-0.39, 0.29) is 0 Å². The lowest BCUT2D eigenvalue weighted by Crippen LogP contribution is -2.32. The summed E-state index contributed by atoms with van der Waals surface area (Å²) in [7, 11) is 0. The molecular formula is C16H23NO2. The summed E-state index contributed by atoms with van der Waals surface area (Å²) in [6, 6.07) is 7.16. The molecule has 3 rings (SSSR count). The van der Waals surface area contributed by atoms with E-state index in [0.717, 1.165) is 38.5 Å². The topological polar surface area (TPSA) is 21.7 Å². The van der Waals surface area contributed by atoms with Crippen LogP contribution in [-0.4, -0.2) is 32.4 Å². The van der Waals surface area contributed by atoms with Gasteiger partial charge in [0.15, 0.2) is 0 Å². The average molecular weight is 261 g/mol. The van der Waals surface area contributed by atoms with Crippen LogP contribution in [0.15, 0.2) is 18.2 Å². The average Bonchev–Trinajstić information content (AvgIpc) is 2.79. The molecule has 0 radical (unpaired) electrons. The minimum Gasteiger partial charge on any atom is -0.493 e. The van der Waals surface area contributed by atoms with Gasteiger partial charge in [-0.3, -0.25) is 0 Å². The molecule has 104 valence electrons. The summed E-state index contributed by atoms with van der Waals surface area (Å²) in [4.78, 5) is 2.51. The molecule has 2 aliphatic heterocycles. The van der Waals surface area contributed by atoms with E-state index in [1.807, 2.05) is 0 Å². The van der Waals surface area contributed by atoms with Crippen LogP contribution in [0.3, 0.4) is 0 Å². The molecule has 0 spiro atoms. The molecule has 2 heterocycles. The molecule has 1 aromatic carbocycles.